The average Bonchev–Trinajstić information content (AvgIpc) is 2.95. The van der Waals surface area contributed by atoms with Crippen molar-refractivity contribution < 1.29 is 14.2 Å². The van der Waals surface area contributed by atoms with Gasteiger partial charge >= 0.3 is 0 Å². The van der Waals surface area contributed by atoms with E-state index in [2.05, 4.69) is 18.9 Å². The van der Waals surface area contributed by atoms with Gasteiger partial charge in [0, 0.05) is 18.7 Å². The first-order valence-corrected chi connectivity index (χ1v) is 7.10. The molecule has 0 spiro atoms. The molecular weight excluding hydrogens is 271 g/mol. The third-order valence-corrected chi connectivity index (χ3v) is 3.67. The van der Waals surface area contributed by atoms with E-state index in [1.165, 1.54) is 19.2 Å². The summed E-state index contributed by atoms with van der Waals surface area (Å²) >= 11 is 0. The van der Waals surface area contributed by atoms with Gasteiger partial charge in [-0.1, -0.05) is 13.0 Å². The van der Waals surface area contributed by atoms with Crippen LogP contribution in [0.4, 0.5) is 4.39 Å². The number of methoxy groups -OCH3 is 1. The summed E-state index contributed by atoms with van der Waals surface area (Å²) in [7, 11) is 1.41. The number of benzene rings is 1. The number of hydrogen-bond donors (Lipinski definition) is 1. The van der Waals surface area contributed by atoms with Crippen LogP contribution in [-0.2, 0) is 6.42 Å². The minimum atomic E-state index is -0.736. The van der Waals surface area contributed by atoms with Gasteiger partial charge in [-0.3, -0.25) is 4.68 Å². The molecule has 0 bridgehead atoms. The van der Waals surface area contributed by atoms with E-state index in [0.29, 0.717) is 18.0 Å². The third kappa shape index (κ3) is 3.61. The number of rotatable bonds is 6. The van der Waals surface area contributed by atoms with Crippen LogP contribution in [0.15, 0.2) is 30.5 Å². The Balaban J connectivity index is 2.10. The molecule has 114 valence electrons. The highest BCUT2D eigenvalue weighted by Crippen LogP contribution is 2.24. The van der Waals surface area contributed by atoms with Crippen LogP contribution in [0.2, 0.25) is 0 Å². The van der Waals surface area contributed by atoms with Gasteiger partial charge < -0.3 is 9.84 Å². The lowest BCUT2D eigenvalue weighted by atomic mass is 10.0. The fourth-order valence-corrected chi connectivity index (χ4v) is 2.12. The molecule has 1 N–H and O–H groups in total. The average molecular weight is 292 g/mol. The standard InChI is InChI=1S/C16H21FN2O2/c1-4-11(2)19-8-7-13(18-19)10-15(20)12-5-6-14(17)16(9-12)21-3/h5-9,11,15,20H,4,10H2,1-3H3. The third-order valence-electron chi connectivity index (χ3n) is 3.67. The van der Waals surface area contributed by atoms with Gasteiger partial charge in [0.25, 0.3) is 0 Å². The van der Waals surface area contributed by atoms with E-state index in [9.17, 15) is 9.50 Å². The Labute approximate surface area is 124 Å². The molecule has 2 aromatic rings. The van der Waals surface area contributed by atoms with E-state index in [1.54, 1.807) is 6.07 Å². The van der Waals surface area contributed by atoms with Gasteiger partial charge in [0.2, 0.25) is 0 Å². The molecule has 0 saturated carbocycles. The van der Waals surface area contributed by atoms with Crippen molar-refractivity contribution in [2.45, 2.75) is 38.8 Å². The molecule has 0 saturated heterocycles. The zero-order valence-electron chi connectivity index (χ0n) is 12.6. The van der Waals surface area contributed by atoms with Crippen LogP contribution in [0.25, 0.3) is 0 Å². The normalized spacial score (nSPS) is 14.0. The molecule has 0 radical (unpaired) electrons. The molecule has 1 aromatic heterocycles. The van der Waals surface area contributed by atoms with Crippen molar-refractivity contribution in [3.8, 4) is 5.75 Å². The summed E-state index contributed by atoms with van der Waals surface area (Å²) in [6.45, 7) is 4.20. The van der Waals surface area contributed by atoms with Gasteiger partial charge in [0.05, 0.1) is 18.9 Å². The Bertz CT molecular complexity index is 598. The predicted octanol–water partition coefficient (Wildman–Crippen LogP) is 3.28. The maximum atomic E-state index is 13.4. The second-order valence-electron chi connectivity index (χ2n) is 5.16. The van der Waals surface area contributed by atoms with E-state index in [4.69, 9.17) is 4.74 Å². The van der Waals surface area contributed by atoms with Crippen LogP contribution >= 0.6 is 0 Å². The van der Waals surface area contributed by atoms with E-state index in [1.807, 2.05) is 16.9 Å². The SMILES string of the molecule is CCC(C)n1ccc(CC(O)c2ccc(F)c(OC)c2)n1. The molecule has 0 aliphatic rings. The minimum absolute atomic E-state index is 0.136. The lowest BCUT2D eigenvalue weighted by molar-refractivity contribution is 0.176. The van der Waals surface area contributed by atoms with Crippen molar-refractivity contribution in [2.24, 2.45) is 0 Å². The second-order valence-corrected chi connectivity index (χ2v) is 5.16. The lowest BCUT2D eigenvalue weighted by Gasteiger charge is -2.12. The van der Waals surface area contributed by atoms with Crippen LogP contribution in [0.3, 0.4) is 0 Å². The summed E-state index contributed by atoms with van der Waals surface area (Å²) in [6.07, 6.45) is 2.57. The predicted molar refractivity (Wildman–Crippen MR) is 78.8 cm³/mol. The molecule has 2 atom stereocenters. The zero-order chi connectivity index (χ0) is 15.4. The van der Waals surface area contributed by atoms with Crippen molar-refractivity contribution in [3.63, 3.8) is 0 Å². The van der Waals surface area contributed by atoms with Crippen LogP contribution < -0.4 is 4.74 Å². The first-order valence-electron chi connectivity index (χ1n) is 7.10. The van der Waals surface area contributed by atoms with Gasteiger partial charge in [-0.25, -0.2) is 4.39 Å². The fourth-order valence-electron chi connectivity index (χ4n) is 2.12. The van der Waals surface area contributed by atoms with Gasteiger partial charge in [-0.05, 0) is 37.1 Å². The van der Waals surface area contributed by atoms with Crippen LogP contribution in [0, 0.1) is 5.82 Å². The zero-order valence-corrected chi connectivity index (χ0v) is 12.6. The molecule has 5 heteroatoms. The van der Waals surface area contributed by atoms with E-state index in [-0.39, 0.29) is 5.75 Å². The van der Waals surface area contributed by atoms with E-state index in [0.717, 1.165) is 12.1 Å². The maximum absolute atomic E-state index is 13.4. The second kappa shape index (κ2) is 6.72. The number of aliphatic hydroxyl groups excluding tert-OH is 1. The molecule has 0 amide bonds. The van der Waals surface area contributed by atoms with E-state index >= 15 is 0 Å². The number of halogens is 1. The first kappa shape index (κ1) is 15.5. The molecule has 0 fully saturated rings. The number of aliphatic hydroxyl groups is 1. The number of ether oxygens (including phenoxy) is 1. The molecule has 21 heavy (non-hydrogen) atoms. The molecule has 4 nitrogen and oxygen atoms in total. The monoisotopic (exact) mass is 292 g/mol. The first-order chi connectivity index (χ1) is 10.0. The lowest BCUT2D eigenvalue weighted by Crippen LogP contribution is -2.07. The summed E-state index contributed by atoms with van der Waals surface area (Å²) in [5.41, 5.74) is 1.43. The van der Waals surface area contributed by atoms with Gasteiger partial charge in [-0.2, -0.15) is 5.10 Å². The Morgan fingerprint density at radius 1 is 1.38 bits per heavy atom. The molecule has 0 aliphatic heterocycles. The number of aromatic nitrogens is 2. The molecule has 0 aliphatic carbocycles. The van der Waals surface area contributed by atoms with Crippen LogP contribution in [0.5, 0.6) is 5.75 Å². The van der Waals surface area contributed by atoms with Crippen molar-refractivity contribution >= 4 is 0 Å². The summed E-state index contributed by atoms with van der Waals surface area (Å²) < 4.78 is 20.2. The Morgan fingerprint density at radius 2 is 2.14 bits per heavy atom. The quantitative estimate of drug-likeness (QED) is 0.889. The summed E-state index contributed by atoms with van der Waals surface area (Å²) in [4.78, 5) is 0. The van der Waals surface area contributed by atoms with Crippen molar-refractivity contribution in [1.82, 2.24) is 9.78 Å². The highest BCUT2D eigenvalue weighted by atomic mass is 19.1. The molecule has 1 heterocycles. The fraction of sp³-hybridized carbons (Fsp3) is 0.438. The van der Waals surface area contributed by atoms with Gasteiger partial charge in [0.15, 0.2) is 11.6 Å². The Morgan fingerprint density at radius 3 is 2.81 bits per heavy atom. The highest BCUT2D eigenvalue weighted by Gasteiger charge is 2.14. The molecular formula is C16H21FN2O2. The summed E-state index contributed by atoms with van der Waals surface area (Å²) in [5, 5.41) is 14.7. The van der Waals surface area contributed by atoms with Crippen LogP contribution in [0.1, 0.15) is 43.7 Å². The van der Waals surface area contributed by atoms with Gasteiger partial charge in [-0.15, -0.1) is 0 Å². The minimum Gasteiger partial charge on any atom is -0.494 e. The smallest absolute Gasteiger partial charge is 0.165 e. The summed E-state index contributed by atoms with van der Waals surface area (Å²) in [5.74, 6) is -0.300. The molecule has 2 rings (SSSR count). The van der Waals surface area contributed by atoms with Crippen LogP contribution in [-0.4, -0.2) is 22.0 Å². The largest absolute Gasteiger partial charge is 0.494 e. The van der Waals surface area contributed by atoms with Crippen molar-refractivity contribution in [1.29, 1.82) is 0 Å². The number of hydrogen-bond acceptors (Lipinski definition) is 3. The maximum Gasteiger partial charge on any atom is 0.165 e. The summed E-state index contributed by atoms with van der Waals surface area (Å²) in [6, 6.07) is 6.62. The Kier molecular flexibility index (Phi) is 4.96. The molecule has 2 unspecified atom stereocenters. The number of nitrogens with zero attached hydrogens (tertiary/aromatic N) is 2. The topological polar surface area (TPSA) is 47.3 Å². The Hall–Kier alpha value is -1.88. The highest BCUT2D eigenvalue weighted by molar-refractivity contribution is 5.32. The molecule has 1 aromatic carbocycles. The van der Waals surface area contributed by atoms with Gasteiger partial charge in [0.1, 0.15) is 0 Å². The van der Waals surface area contributed by atoms with E-state index < -0.39 is 11.9 Å². The van der Waals surface area contributed by atoms with Crippen molar-refractivity contribution in [3.05, 3.63) is 47.5 Å². The van der Waals surface area contributed by atoms with Crippen molar-refractivity contribution in [2.75, 3.05) is 7.11 Å².